The van der Waals surface area contributed by atoms with E-state index >= 15 is 0 Å². The first kappa shape index (κ1) is 20.5. The molecule has 0 radical (unpaired) electrons. The van der Waals surface area contributed by atoms with Crippen LogP contribution in [0, 0.1) is 15.5 Å². The summed E-state index contributed by atoms with van der Waals surface area (Å²) in [4.78, 5) is 24.2. The number of ether oxygens (including phenoxy) is 2. The van der Waals surface area contributed by atoms with E-state index in [1.165, 1.54) is 31.0 Å². The summed E-state index contributed by atoms with van der Waals surface area (Å²) in [5, 5.41) is 17.6. The Kier molecular flexibility index (Phi) is 7.24. The summed E-state index contributed by atoms with van der Waals surface area (Å²) in [6.45, 7) is 2.67. The van der Waals surface area contributed by atoms with Crippen molar-refractivity contribution in [3.05, 3.63) is 27.8 Å². The van der Waals surface area contributed by atoms with Gasteiger partial charge in [0.1, 0.15) is 11.3 Å². The average molecular weight is 383 g/mol. The number of amides is 1. The fourth-order valence-electron chi connectivity index (χ4n) is 3.20. The Hall–Kier alpha value is -1.84. The van der Waals surface area contributed by atoms with Gasteiger partial charge in [-0.1, -0.05) is 0 Å². The normalized spacial score (nSPS) is 16.1. The number of thioether (sulfide) groups is 1. The molecule has 1 aromatic rings. The molecule has 144 valence electrons. The third-order valence-electron chi connectivity index (χ3n) is 4.68. The first-order chi connectivity index (χ1) is 12.5. The van der Waals surface area contributed by atoms with Crippen molar-refractivity contribution < 1.29 is 19.2 Å². The quantitative estimate of drug-likeness (QED) is 0.402. The topological polar surface area (TPSA) is 103 Å². The Morgan fingerprint density at radius 1 is 1.38 bits per heavy atom. The van der Waals surface area contributed by atoms with Crippen molar-refractivity contribution in [1.82, 2.24) is 10.6 Å². The lowest BCUT2D eigenvalue weighted by atomic mass is 9.79. The molecule has 1 aliphatic rings. The molecule has 0 spiro atoms. The third kappa shape index (κ3) is 4.66. The van der Waals surface area contributed by atoms with E-state index in [9.17, 15) is 14.9 Å². The lowest BCUT2D eigenvalue weighted by Gasteiger charge is -2.37. The minimum absolute atomic E-state index is 0.0432. The number of piperidine rings is 1. The number of hydrogen-bond acceptors (Lipinski definition) is 7. The van der Waals surface area contributed by atoms with Crippen LogP contribution >= 0.6 is 11.8 Å². The molecule has 1 saturated heterocycles. The number of nitrogens with zero attached hydrogens (tertiary/aromatic N) is 1. The average Bonchev–Trinajstić information content (AvgIpc) is 2.65. The van der Waals surface area contributed by atoms with Gasteiger partial charge in [0.2, 0.25) is 0 Å². The maximum atomic E-state index is 12.7. The fraction of sp³-hybridized carbons (Fsp3) is 0.588. The molecule has 1 amide bonds. The zero-order valence-electron chi connectivity index (χ0n) is 15.3. The summed E-state index contributed by atoms with van der Waals surface area (Å²) in [6.07, 6.45) is 3.58. The van der Waals surface area contributed by atoms with Crippen LogP contribution in [0.3, 0.4) is 0 Å². The summed E-state index contributed by atoms with van der Waals surface area (Å²) < 4.78 is 10.5. The zero-order chi connectivity index (χ0) is 19.2. The molecule has 8 nitrogen and oxygen atoms in total. The first-order valence-electron chi connectivity index (χ1n) is 8.34. The lowest BCUT2D eigenvalue weighted by molar-refractivity contribution is -0.385. The number of nitrogens with one attached hydrogen (secondary N) is 2. The summed E-state index contributed by atoms with van der Waals surface area (Å²) in [5.41, 5.74) is -0.371. The van der Waals surface area contributed by atoms with Crippen LogP contribution in [0.15, 0.2) is 17.0 Å². The number of carbonyl (C=O) groups excluding carboxylic acids is 1. The third-order valence-corrected chi connectivity index (χ3v) is 5.44. The highest BCUT2D eigenvalue weighted by atomic mass is 32.2. The molecule has 2 rings (SSSR count). The number of hydrogen-bond donors (Lipinski definition) is 2. The Balaban J connectivity index is 2.23. The van der Waals surface area contributed by atoms with Gasteiger partial charge in [0, 0.05) is 19.1 Å². The van der Waals surface area contributed by atoms with Gasteiger partial charge in [0.25, 0.3) is 11.6 Å². The van der Waals surface area contributed by atoms with Gasteiger partial charge in [-0.3, -0.25) is 14.9 Å². The Labute approximate surface area is 157 Å². The maximum absolute atomic E-state index is 12.7. The van der Waals surface area contributed by atoms with Gasteiger partial charge in [-0.05, 0) is 38.3 Å². The predicted octanol–water partition coefficient (Wildman–Crippen LogP) is 2.07. The largest absolute Gasteiger partial charge is 0.495 e. The number of nitro benzene ring substituents is 1. The standard InChI is InChI=1S/C17H25N3O5S/c1-24-11-17(4-6-18-7-5-17)10-19-16(21)12-8-15(26-3)14(25-2)9-13(12)20(22)23/h8-9,18H,4-7,10-11H2,1-3H3,(H,19,21). The molecule has 1 aromatic carbocycles. The summed E-state index contributed by atoms with van der Waals surface area (Å²) in [6, 6.07) is 2.82. The van der Waals surface area contributed by atoms with E-state index in [4.69, 9.17) is 9.47 Å². The SMILES string of the molecule is COCC1(CNC(=O)c2cc(SC)c(OC)cc2[N+](=O)[O-])CCNCC1. The molecular formula is C17H25N3O5S. The van der Waals surface area contributed by atoms with Crippen molar-refractivity contribution in [3.8, 4) is 5.75 Å². The van der Waals surface area contributed by atoms with Crippen LogP contribution in [0.4, 0.5) is 5.69 Å². The van der Waals surface area contributed by atoms with Crippen LogP contribution in [0.2, 0.25) is 0 Å². The number of rotatable bonds is 8. The van der Waals surface area contributed by atoms with Gasteiger partial charge in [-0.2, -0.15) is 0 Å². The van der Waals surface area contributed by atoms with Crippen LogP contribution < -0.4 is 15.4 Å². The molecule has 1 fully saturated rings. The molecule has 0 aliphatic carbocycles. The highest BCUT2D eigenvalue weighted by molar-refractivity contribution is 7.98. The summed E-state index contributed by atoms with van der Waals surface area (Å²) in [5.74, 6) is -0.0707. The van der Waals surface area contributed by atoms with E-state index in [1.54, 1.807) is 7.11 Å². The number of nitro groups is 1. The molecule has 2 N–H and O–H groups in total. The molecular weight excluding hydrogens is 358 g/mol. The van der Waals surface area contributed by atoms with Crippen molar-refractivity contribution in [3.63, 3.8) is 0 Å². The van der Waals surface area contributed by atoms with Crippen LogP contribution in [0.5, 0.6) is 5.75 Å². The second-order valence-corrected chi connectivity index (χ2v) is 7.20. The Morgan fingerprint density at radius 3 is 2.62 bits per heavy atom. The van der Waals surface area contributed by atoms with Crippen molar-refractivity contribution in [2.75, 3.05) is 46.7 Å². The van der Waals surface area contributed by atoms with Gasteiger partial charge in [0.15, 0.2) is 0 Å². The Bertz CT molecular complexity index is 657. The lowest BCUT2D eigenvalue weighted by Crippen LogP contribution is -2.47. The minimum atomic E-state index is -0.559. The molecule has 0 atom stereocenters. The van der Waals surface area contributed by atoms with E-state index in [-0.39, 0.29) is 16.7 Å². The fourth-order valence-corrected chi connectivity index (χ4v) is 3.78. The number of carbonyl (C=O) groups is 1. The summed E-state index contributed by atoms with van der Waals surface area (Å²) in [7, 11) is 3.09. The summed E-state index contributed by atoms with van der Waals surface area (Å²) >= 11 is 1.37. The molecule has 1 aliphatic heterocycles. The molecule has 0 unspecified atom stereocenters. The van der Waals surface area contributed by atoms with E-state index in [0.717, 1.165) is 25.9 Å². The second-order valence-electron chi connectivity index (χ2n) is 6.35. The highest BCUT2D eigenvalue weighted by Crippen LogP contribution is 2.35. The second kappa shape index (κ2) is 9.20. The minimum Gasteiger partial charge on any atom is -0.495 e. The highest BCUT2D eigenvalue weighted by Gasteiger charge is 2.33. The van der Waals surface area contributed by atoms with Crippen LogP contribution in [-0.2, 0) is 4.74 Å². The molecule has 0 saturated carbocycles. The van der Waals surface area contributed by atoms with Gasteiger partial charge in [0.05, 0.1) is 29.6 Å². The molecule has 1 heterocycles. The van der Waals surface area contributed by atoms with E-state index < -0.39 is 10.8 Å². The van der Waals surface area contributed by atoms with Crippen LogP contribution in [-0.4, -0.2) is 57.5 Å². The van der Waals surface area contributed by atoms with Crippen molar-refractivity contribution in [1.29, 1.82) is 0 Å². The zero-order valence-corrected chi connectivity index (χ0v) is 16.1. The van der Waals surface area contributed by atoms with Crippen LogP contribution in [0.1, 0.15) is 23.2 Å². The van der Waals surface area contributed by atoms with Crippen molar-refractivity contribution in [2.45, 2.75) is 17.7 Å². The molecule has 26 heavy (non-hydrogen) atoms. The number of methoxy groups -OCH3 is 2. The van der Waals surface area contributed by atoms with Gasteiger partial charge < -0.3 is 20.1 Å². The monoisotopic (exact) mass is 383 g/mol. The smallest absolute Gasteiger partial charge is 0.285 e. The van der Waals surface area contributed by atoms with Crippen molar-refractivity contribution in [2.24, 2.45) is 5.41 Å². The van der Waals surface area contributed by atoms with Crippen molar-refractivity contribution >= 4 is 23.4 Å². The Morgan fingerprint density at radius 2 is 2.08 bits per heavy atom. The predicted molar refractivity (Wildman–Crippen MR) is 100 cm³/mol. The molecule has 0 bridgehead atoms. The van der Waals surface area contributed by atoms with Gasteiger partial charge in [-0.25, -0.2) is 0 Å². The number of benzene rings is 1. The van der Waals surface area contributed by atoms with Gasteiger partial charge >= 0.3 is 0 Å². The molecule has 0 aromatic heterocycles. The van der Waals surface area contributed by atoms with E-state index in [0.29, 0.717) is 23.8 Å². The van der Waals surface area contributed by atoms with Crippen LogP contribution in [0.25, 0.3) is 0 Å². The molecule has 9 heteroatoms. The maximum Gasteiger partial charge on any atom is 0.285 e. The first-order valence-corrected chi connectivity index (χ1v) is 9.57. The van der Waals surface area contributed by atoms with E-state index in [2.05, 4.69) is 10.6 Å². The van der Waals surface area contributed by atoms with E-state index in [1.807, 2.05) is 6.26 Å². The van der Waals surface area contributed by atoms with Gasteiger partial charge in [-0.15, -0.1) is 11.8 Å².